The monoisotopic (exact) mass is 347 g/mol. The zero-order chi connectivity index (χ0) is 18.3. The van der Waals surface area contributed by atoms with E-state index in [0.29, 0.717) is 23.8 Å². The molecule has 0 spiro atoms. The highest BCUT2D eigenvalue weighted by molar-refractivity contribution is 6.03. The molecule has 0 radical (unpaired) electrons. The molecule has 6 nitrogen and oxygen atoms in total. The molecule has 1 N–H and O–H groups in total. The van der Waals surface area contributed by atoms with Crippen molar-refractivity contribution in [1.82, 2.24) is 19.7 Å². The van der Waals surface area contributed by atoms with Crippen LogP contribution in [0.15, 0.2) is 36.4 Å². The zero-order valence-corrected chi connectivity index (χ0v) is 15.2. The Bertz CT molecular complexity index is 957. The van der Waals surface area contributed by atoms with Gasteiger partial charge in [-0.3, -0.25) is 4.79 Å². The fourth-order valence-corrected chi connectivity index (χ4v) is 3.67. The molecule has 2 aromatic heterocycles. The van der Waals surface area contributed by atoms with Crippen LogP contribution in [0.3, 0.4) is 0 Å². The summed E-state index contributed by atoms with van der Waals surface area (Å²) in [6.07, 6.45) is 1.22. The van der Waals surface area contributed by atoms with Crippen molar-refractivity contribution in [1.29, 1.82) is 0 Å². The number of nitrogens with zero attached hydrogens (tertiary/aromatic N) is 4. The van der Waals surface area contributed by atoms with E-state index in [1.807, 2.05) is 38.1 Å². The maximum absolute atomic E-state index is 12.9. The molecule has 26 heavy (non-hydrogen) atoms. The average molecular weight is 347 g/mol. The number of rotatable bonds is 3. The van der Waals surface area contributed by atoms with Gasteiger partial charge in [0.25, 0.3) is 5.95 Å². The van der Waals surface area contributed by atoms with Gasteiger partial charge in [0.05, 0.1) is 11.3 Å². The summed E-state index contributed by atoms with van der Waals surface area (Å²) in [5, 5.41) is 7.65. The molecule has 1 atom stereocenters. The Balaban J connectivity index is 1.85. The van der Waals surface area contributed by atoms with Crippen LogP contribution in [-0.2, 0) is 6.42 Å². The highest BCUT2D eigenvalue weighted by Gasteiger charge is 2.33. The Morgan fingerprint density at radius 3 is 2.42 bits per heavy atom. The van der Waals surface area contributed by atoms with E-state index in [4.69, 9.17) is 0 Å². The maximum Gasteiger partial charge on any atom is 0.251 e. The van der Waals surface area contributed by atoms with Crippen molar-refractivity contribution in [2.24, 2.45) is 0 Å². The van der Waals surface area contributed by atoms with Gasteiger partial charge in [0.2, 0.25) is 0 Å². The topological polar surface area (TPSA) is 72.7 Å². The molecule has 0 aliphatic heterocycles. The molecule has 0 amide bonds. The number of carbonyl (C=O) groups is 1. The maximum atomic E-state index is 12.9. The molecule has 0 fully saturated rings. The minimum absolute atomic E-state index is 0.111. The van der Waals surface area contributed by atoms with Crippen molar-refractivity contribution in [2.45, 2.75) is 32.6 Å². The Morgan fingerprint density at radius 2 is 1.77 bits per heavy atom. The summed E-state index contributed by atoms with van der Waals surface area (Å²) in [6, 6.07) is 12.1. The van der Waals surface area contributed by atoms with Gasteiger partial charge in [0.1, 0.15) is 0 Å². The van der Waals surface area contributed by atoms with E-state index in [1.165, 1.54) is 5.56 Å². The smallest absolute Gasteiger partial charge is 0.251 e. The lowest BCUT2D eigenvalue weighted by atomic mass is 9.82. The second-order valence-electron chi connectivity index (χ2n) is 6.72. The van der Waals surface area contributed by atoms with Crippen LogP contribution in [0.2, 0.25) is 0 Å². The fourth-order valence-electron chi connectivity index (χ4n) is 3.67. The number of nitrogens with one attached hydrogen (secondary N) is 1. The lowest BCUT2D eigenvalue weighted by Gasteiger charge is -2.22. The molecule has 1 aliphatic carbocycles. The number of hydrogen-bond acceptors (Lipinski definition) is 5. The van der Waals surface area contributed by atoms with E-state index >= 15 is 0 Å². The number of aromatic nitrogens is 4. The number of hydrogen-bond donors (Lipinski definition) is 1. The predicted octanol–water partition coefficient (Wildman–Crippen LogP) is 3.23. The van der Waals surface area contributed by atoms with Gasteiger partial charge in [0, 0.05) is 24.9 Å². The van der Waals surface area contributed by atoms with E-state index in [0.717, 1.165) is 23.5 Å². The van der Waals surface area contributed by atoms with Gasteiger partial charge in [-0.2, -0.15) is 0 Å². The second-order valence-corrected chi connectivity index (χ2v) is 6.72. The van der Waals surface area contributed by atoms with Gasteiger partial charge >= 0.3 is 0 Å². The number of anilines is 1. The summed E-state index contributed by atoms with van der Waals surface area (Å²) >= 11 is 0. The van der Waals surface area contributed by atoms with Gasteiger partial charge in [-0.1, -0.05) is 30.3 Å². The van der Waals surface area contributed by atoms with Gasteiger partial charge in [-0.05, 0) is 37.8 Å². The number of carbonyl (C=O) groups excluding carboxylic acids is 1. The van der Waals surface area contributed by atoms with Crippen molar-refractivity contribution in [2.75, 3.05) is 12.4 Å². The first-order valence-electron chi connectivity index (χ1n) is 8.77. The highest BCUT2D eigenvalue weighted by atomic mass is 16.1. The van der Waals surface area contributed by atoms with Crippen LogP contribution in [0.4, 0.5) is 5.82 Å². The fraction of sp³-hybridized carbons (Fsp3) is 0.300. The van der Waals surface area contributed by atoms with Crippen molar-refractivity contribution in [3.63, 3.8) is 0 Å². The van der Waals surface area contributed by atoms with Crippen LogP contribution in [0.1, 0.15) is 45.3 Å². The van der Waals surface area contributed by atoms with Crippen molar-refractivity contribution < 1.29 is 4.79 Å². The molecule has 4 rings (SSSR count). The molecule has 1 aromatic carbocycles. The Morgan fingerprint density at radius 1 is 1.08 bits per heavy atom. The normalized spacial score (nSPS) is 16.4. The van der Waals surface area contributed by atoms with Crippen LogP contribution < -0.4 is 5.32 Å². The molecule has 0 unspecified atom stereocenters. The minimum atomic E-state index is 0.111. The summed E-state index contributed by atoms with van der Waals surface area (Å²) < 4.78 is 1.73. The quantitative estimate of drug-likeness (QED) is 0.787. The van der Waals surface area contributed by atoms with Crippen molar-refractivity contribution in [3.05, 3.63) is 64.6 Å². The molecule has 1 aliphatic rings. The number of fused-ring (bicyclic) bond motifs is 1. The lowest BCUT2D eigenvalue weighted by molar-refractivity contribution is 0.0964. The van der Waals surface area contributed by atoms with Gasteiger partial charge in [-0.15, -0.1) is 5.10 Å². The van der Waals surface area contributed by atoms with E-state index < -0.39 is 0 Å². The predicted molar refractivity (Wildman–Crippen MR) is 100 cm³/mol. The third kappa shape index (κ3) is 2.77. The third-order valence-electron chi connectivity index (χ3n) is 4.80. The summed E-state index contributed by atoms with van der Waals surface area (Å²) in [7, 11) is 1.78. The van der Waals surface area contributed by atoms with Gasteiger partial charge in [0.15, 0.2) is 11.6 Å². The van der Waals surface area contributed by atoms with E-state index in [9.17, 15) is 4.79 Å². The molecule has 132 valence electrons. The molecule has 0 saturated carbocycles. The van der Waals surface area contributed by atoms with Gasteiger partial charge in [-0.25, -0.2) is 14.6 Å². The van der Waals surface area contributed by atoms with Crippen LogP contribution >= 0.6 is 0 Å². The molecular weight excluding hydrogens is 326 g/mol. The summed E-state index contributed by atoms with van der Waals surface area (Å²) in [4.78, 5) is 22.0. The zero-order valence-electron chi connectivity index (χ0n) is 15.2. The second kappa shape index (κ2) is 6.37. The summed E-state index contributed by atoms with van der Waals surface area (Å²) in [5.41, 5.74) is 4.48. The molecule has 0 bridgehead atoms. The number of Topliss-reactive ketones (excluding diaryl/α,β-unsaturated/α-hetero) is 1. The third-order valence-corrected chi connectivity index (χ3v) is 4.80. The van der Waals surface area contributed by atoms with Crippen molar-refractivity contribution in [3.8, 4) is 5.95 Å². The first-order valence-corrected chi connectivity index (χ1v) is 8.77. The minimum Gasteiger partial charge on any atom is -0.371 e. The van der Waals surface area contributed by atoms with Gasteiger partial charge < -0.3 is 5.32 Å². The Kier molecular flexibility index (Phi) is 4.03. The first-order chi connectivity index (χ1) is 12.6. The number of ketones is 1. The molecule has 3 aromatic rings. The van der Waals surface area contributed by atoms with E-state index in [1.54, 1.807) is 11.7 Å². The SMILES string of the molecule is CNc1nn(-c2nc(C)cc(C)n2)c2c1C(=O)C[C@H](c1ccccc1)C2. The Labute approximate surface area is 152 Å². The number of aryl methyl sites for hydroxylation is 2. The van der Waals surface area contributed by atoms with Crippen molar-refractivity contribution >= 4 is 11.6 Å². The lowest BCUT2D eigenvalue weighted by Crippen LogP contribution is -2.21. The van der Waals surface area contributed by atoms with Crippen LogP contribution in [0, 0.1) is 13.8 Å². The van der Waals surface area contributed by atoms with Crippen LogP contribution in [0.25, 0.3) is 5.95 Å². The van der Waals surface area contributed by atoms with E-state index in [2.05, 4.69) is 32.5 Å². The summed E-state index contributed by atoms with van der Waals surface area (Å²) in [5.74, 6) is 1.36. The van der Waals surface area contributed by atoms with E-state index in [-0.39, 0.29) is 11.7 Å². The highest BCUT2D eigenvalue weighted by Crippen LogP contribution is 2.36. The molecule has 2 heterocycles. The molecular formula is C20H21N5O. The Hall–Kier alpha value is -3.02. The molecule has 0 saturated heterocycles. The van der Waals surface area contributed by atoms with Crippen LogP contribution in [-0.4, -0.2) is 32.6 Å². The average Bonchev–Trinajstić information content (AvgIpc) is 3.01. The molecule has 6 heteroatoms. The first kappa shape index (κ1) is 16.4. The number of benzene rings is 1. The standard InChI is InChI=1S/C20H21N5O/c1-12-9-13(2)23-20(22-12)25-16-10-15(14-7-5-4-6-8-14)11-17(26)18(16)19(21-3)24-25/h4-9,15H,10-11H2,1-3H3,(H,21,24)/t15-/m1/s1. The summed E-state index contributed by atoms with van der Waals surface area (Å²) in [6.45, 7) is 3.87. The van der Waals surface area contributed by atoms with Crippen LogP contribution in [0.5, 0.6) is 0 Å². The largest absolute Gasteiger partial charge is 0.371 e.